The Balaban J connectivity index is 1.87. The van der Waals surface area contributed by atoms with E-state index in [0.717, 1.165) is 11.8 Å². The molecule has 1 saturated carbocycles. The Kier molecular flexibility index (Phi) is 4.93. The molecule has 16 heavy (non-hydrogen) atoms. The lowest BCUT2D eigenvalue weighted by Crippen LogP contribution is -2.02. The summed E-state index contributed by atoms with van der Waals surface area (Å²) >= 11 is 0. The fourth-order valence-corrected chi connectivity index (χ4v) is 3.51. The SMILES string of the molecule is C[C@@H]1CCCCCCC/C=C2/CCC(C2)C1. The van der Waals surface area contributed by atoms with E-state index in [4.69, 9.17) is 0 Å². The molecule has 0 nitrogen and oxygen atoms in total. The van der Waals surface area contributed by atoms with Crippen LogP contribution in [0.5, 0.6) is 0 Å². The van der Waals surface area contributed by atoms with Gasteiger partial charge in [-0.05, 0) is 50.4 Å². The van der Waals surface area contributed by atoms with E-state index in [1.165, 1.54) is 70.6 Å². The predicted octanol–water partition coefficient (Wildman–Crippen LogP) is 5.48. The smallest absolute Gasteiger partial charge is 0.0292 e. The van der Waals surface area contributed by atoms with E-state index in [9.17, 15) is 0 Å². The molecule has 0 aromatic heterocycles. The van der Waals surface area contributed by atoms with Crippen LogP contribution in [0.1, 0.15) is 77.6 Å². The quantitative estimate of drug-likeness (QED) is 0.474. The van der Waals surface area contributed by atoms with Crippen LogP contribution in [0.25, 0.3) is 0 Å². The van der Waals surface area contributed by atoms with Crippen LogP contribution in [-0.4, -0.2) is 0 Å². The molecule has 0 heteroatoms. The maximum atomic E-state index is 2.57. The highest BCUT2D eigenvalue weighted by molar-refractivity contribution is 5.08. The van der Waals surface area contributed by atoms with E-state index < -0.39 is 0 Å². The number of rotatable bonds is 0. The van der Waals surface area contributed by atoms with Crippen LogP contribution in [0.4, 0.5) is 0 Å². The zero-order chi connectivity index (χ0) is 11.2. The van der Waals surface area contributed by atoms with Crippen LogP contribution in [0.2, 0.25) is 0 Å². The van der Waals surface area contributed by atoms with Crippen LogP contribution >= 0.6 is 0 Å². The minimum absolute atomic E-state index is 0.977. The monoisotopic (exact) mass is 220 g/mol. The molecule has 2 aliphatic rings. The first-order valence-corrected chi connectivity index (χ1v) is 7.52. The van der Waals surface area contributed by atoms with E-state index in [0.29, 0.717) is 0 Å². The summed E-state index contributed by atoms with van der Waals surface area (Å²) in [6, 6.07) is 0. The van der Waals surface area contributed by atoms with Gasteiger partial charge in [-0.25, -0.2) is 0 Å². The van der Waals surface area contributed by atoms with E-state index in [-0.39, 0.29) is 0 Å². The highest BCUT2D eigenvalue weighted by Gasteiger charge is 2.21. The number of hydrogen-bond donors (Lipinski definition) is 0. The Hall–Kier alpha value is -0.260. The number of allylic oxidation sites excluding steroid dienone is 2. The van der Waals surface area contributed by atoms with E-state index >= 15 is 0 Å². The Bertz CT molecular complexity index is 226. The highest BCUT2D eigenvalue weighted by atomic mass is 14.3. The van der Waals surface area contributed by atoms with Crippen molar-refractivity contribution in [1.82, 2.24) is 0 Å². The second kappa shape index (κ2) is 6.47. The van der Waals surface area contributed by atoms with Crippen molar-refractivity contribution in [2.24, 2.45) is 11.8 Å². The molecule has 0 spiro atoms. The molecule has 2 rings (SSSR count). The molecule has 2 bridgehead atoms. The Morgan fingerprint density at radius 1 is 1.00 bits per heavy atom. The Morgan fingerprint density at radius 2 is 1.81 bits per heavy atom. The standard InChI is InChI=1S/C16H28/c1-14-8-6-4-2-3-5-7-9-15-10-11-16(12-14)13-15/h9,14,16H,2-8,10-13H2,1H3/b15-9-/t14-,16?/m1/s1. The van der Waals surface area contributed by atoms with Crippen LogP contribution in [0, 0.1) is 11.8 Å². The van der Waals surface area contributed by atoms with Crippen molar-refractivity contribution in [3.05, 3.63) is 11.6 Å². The number of hydrogen-bond acceptors (Lipinski definition) is 0. The first kappa shape index (κ1) is 12.2. The molecule has 0 aromatic rings. The zero-order valence-corrected chi connectivity index (χ0v) is 11.0. The molecule has 0 heterocycles. The molecular weight excluding hydrogens is 192 g/mol. The van der Waals surface area contributed by atoms with Crippen molar-refractivity contribution in [2.75, 3.05) is 0 Å². The molecule has 2 aliphatic carbocycles. The maximum Gasteiger partial charge on any atom is -0.0292 e. The third-order valence-electron chi connectivity index (χ3n) is 4.49. The van der Waals surface area contributed by atoms with Gasteiger partial charge in [0.1, 0.15) is 0 Å². The van der Waals surface area contributed by atoms with Crippen molar-refractivity contribution in [2.45, 2.75) is 77.6 Å². The Labute approximate surface area is 102 Å². The van der Waals surface area contributed by atoms with Crippen molar-refractivity contribution in [3.63, 3.8) is 0 Å². The molecule has 0 saturated heterocycles. The van der Waals surface area contributed by atoms with Crippen molar-refractivity contribution >= 4 is 0 Å². The van der Waals surface area contributed by atoms with E-state index in [1.807, 2.05) is 0 Å². The molecule has 0 aliphatic heterocycles. The minimum Gasteiger partial charge on any atom is -0.0853 e. The van der Waals surface area contributed by atoms with Gasteiger partial charge >= 0.3 is 0 Å². The third-order valence-corrected chi connectivity index (χ3v) is 4.49. The van der Waals surface area contributed by atoms with Crippen molar-refractivity contribution < 1.29 is 0 Å². The van der Waals surface area contributed by atoms with Gasteiger partial charge in [-0.15, -0.1) is 0 Å². The highest BCUT2D eigenvalue weighted by Crippen LogP contribution is 2.36. The lowest BCUT2D eigenvalue weighted by atomic mass is 9.90. The van der Waals surface area contributed by atoms with Crippen molar-refractivity contribution in [3.8, 4) is 0 Å². The molecule has 0 N–H and O–H groups in total. The Morgan fingerprint density at radius 3 is 2.75 bits per heavy atom. The van der Waals surface area contributed by atoms with Gasteiger partial charge in [0.25, 0.3) is 0 Å². The lowest BCUT2D eigenvalue weighted by molar-refractivity contribution is 0.371. The predicted molar refractivity (Wildman–Crippen MR) is 71.5 cm³/mol. The summed E-state index contributed by atoms with van der Waals surface area (Å²) in [5, 5.41) is 0. The zero-order valence-electron chi connectivity index (χ0n) is 11.0. The topological polar surface area (TPSA) is 0 Å². The summed E-state index contributed by atoms with van der Waals surface area (Å²) in [5.41, 5.74) is 1.79. The van der Waals surface area contributed by atoms with Crippen LogP contribution in [0.15, 0.2) is 11.6 Å². The first-order chi connectivity index (χ1) is 7.84. The minimum atomic E-state index is 0.977. The lowest BCUT2D eigenvalue weighted by Gasteiger charge is -2.15. The second-order valence-electron chi connectivity index (χ2n) is 6.16. The van der Waals surface area contributed by atoms with Gasteiger partial charge in [-0.2, -0.15) is 0 Å². The number of fused-ring (bicyclic) bond motifs is 2. The fourth-order valence-electron chi connectivity index (χ4n) is 3.51. The second-order valence-corrected chi connectivity index (χ2v) is 6.16. The fraction of sp³-hybridized carbons (Fsp3) is 0.875. The molecule has 1 unspecified atom stereocenters. The average Bonchev–Trinajstić information content (AvgIpc) is 2.69. The third kappa shape index (κ3) is 3.96. The molecule has 2 atom stereocenters. The summed E-state index contributed by atoms with van der Waals surface area (Å²) in [7, 11) is 0. The summed E-state index contributed by atoms with van der Waals surface area (Å²) < 4.78 is 0. The van der Waals surface area contributed by atoms with Gasteiger partial charge in [0.05, 0.1) is 0 Å². The molecule has 0 radical (unpaired) electrons. The van der Waals surface area contributed by atoms with E-state index in [1.54, 1.807) is 5.57 Å². The summed E-state index contributed by atoms with van der Waals surface area (Å²) in [6.45, 7) is 2.47. The first-order valence-electron chi connectivity index (χ1n) is 7.52. The van der Waals surface area contributed by atoms with Crippen LogP contribution in [0.3, 0.4) is 0 Å². The molecule has 0 aromatic carbocycles. The van der Waals surface area contributed by atoms with Crippen molar-refractivity contribution in [1.29, 1.82) is 0 Å². The van der Waals surface area contributed by atoms with Gasteiger partial charge in [-0.3, -0.25) is 0 Å². The van der Waals surface area contributed by atoms with Gasteiger partial charge in [0.15, 0.2) is 0 Å². The van der Waals surface area contributed by atoms with Crippen LogP contribution in [-0.2, 0) is 0 Å². The summed E-state index contributed by atoms with van der Waals surface area (Å²) in [4.78, 5) is 0. The van der Waals surface area contributed by atoms with Crippen LogP contribution < -0.4 is 0 Å². The molecule has 1 fully saturated rings. The van der Waals surface area contributed by atoms with Gasteiger partial charge < -0.3 is 0 Å². The normalized spacial score (nSPS) is 36.7. The molecular formula is C16H28. The molecule has 0 amide bonds. The van der Waals surface area contributed by atoms with E-state index in [2.05, 4.69) is 13.0 Å². The van der Waals surface area contributed by atoms with Gasteiger partial charge in [-0.1, -0.05) is 50.7 Å². The average molecular weight is 220 g/mol. The maximum absolute atomic E-state index is 2.57. The molecule has 92 valence electrons. The van der Waals surface area contributed by atoms with Gasteiger partial charge in [0.2, 0.25) is 0 Å². The summed E-state index contributed by atoms with van der Waals surface area (Å²) in [5.74, 6) is 2.01. The summed E-state index contributed by atoms with van der Waals surface area (Å²) in [6.07, 6.45) is 18.6. The largest absolute Gasteiger partial charge is 0.0853 e. The van der Waals surface area contributed by atoms with Gasteiger partial charge in [0, 0.05) is 0 Å².